The van der Waals surface area contributed by atoms with Gasteiger partial charge in [0, 0.05) is 29.5 Å². The summed E-state index contributed by atoms with van der Waals surface area (Å²) in [5.41, 5.74) is 0.373. The zero-order valence-corrected chi connectivity index (χ0v) is 24.7. The number of ketones is 1. The molecule has 1 heterocycles. The highest BCUT2D eigenvalue weighted by atomic mass is 19.3. The lowest BCUT2D eigenvalue weighted by atomic mass is 9.97. The largest absolute Gasteiger partial charge is 0.432 e. The first-order valence-corrected chi connectivity index (χ1v) is 14.5. The second kappa shape index (κ2) is 13.7. The van der Waals surface area contributed by atoms with Gasteiger partial charge < -0.3 is 4.74 Å². The molecule has 0 radical (unpaired) electrons. The summed E-state index contributed by atoms with van der Waals surface area (Å²) in [6, 6.07) is 15.2. The van der Waals surface area contributed by atoms with Gasteiger partial charge in [0.2, 0.25) is 0 Å². The normalized spacial score (nSPS) is 11.5. The van der Waals surface area contributed by atoms with E-state index in [1.807, 2.05) is 18.3 Å². The van der Waals surface area contributed by atoms with Crippen LogP contribution in [0.5, 0.6) is 5.75 Å². The molecule has 3 nitrogen and oxygen atoms in total. The average Bonchev–Trinajstić information content (AvgIpc) is 3.03. The van der Waals surface area contributed by atoms with E-state index in [4.69, 9.17) is 0 Å². The summed E-state index contributed by atoms with van der Waals surface area (Å²) < 4.78 is 118. The van der Waals surface area contributed by atoms with E-state index < -0.39 is 69.2 Å². The Hall–Kier alpha value is -5.06. The number of aryl methyl sites for hydroxylation is 1. The SMILES string of the molecule is CCCCCc1ccc(-c2ccc(-c3ccc(C(=O)c4cc(F)c(C(F)(F)Oc5cc(F)c(F)c(F)c5)c(F)c4)c(F)c3)cc2)nc1. The predicted octanol–water partition coefficient (Wildman–Crippen LogP) is 10.3. The van der Waals surface area contributed by atoms with Crippen molar-refractivity contribution in [2.75, 3.05) is 0 Å². The monoisotopic (exact) mass is 655 g/mol. The Morgan fingerprint density at radius 1 is 0.702 bits per heavy atom. The average molecular weight is 656 g/mol. The summed E-state index contributed by atoms with van der Waals surface area (Å²) in [4.78, 5) is 17.5. The van der Waals surface area contributed by atoms with Crippen molar-refractivity contribution in [3.8, 4) is 28.1 Å². The van der Waals surface area contributed by atoms with E-state index in [2.05, 4.69) is 16.6 Å². The molecule has 11 heteroatoms. The first-order valence-electron chi connectivity index (χ1n) is 14.5. The van der Waals surface area contributed by atoms with Gasteiger partial charge in [-0.1, -0.05) is 56.2 Å². The smallest absolute Gasteiger partial charge is 0.429 e. The van der Waals surface area contributed by atoms with Gasteiger partial charge in [-0.25, -0.2) is 26.3 Å². The van der Waals surface area contributed by atoms with Crippen molar-refractivity contribution in [2.45, 2.75) is 38.7 Å². The minimum absolute atomic E-state index is 0.0613. The number of nitrogens with zero attached hydrogens (tertiary/aromatic N) is 1. The van der Waals surface area contributed by atoms with Crippen molar-refractivity contribution >= 4 is 5.78 Å². The van der Waals surface area contributed by atoms with Crippen molar-refractivity contribution in [1.82, 2.24) is 4.98 Å². The Balaban J connectivity index is 1.32. The fourth-order valence-corrected chi connectivity index (χ4v) is 4.96. The number of carbonyl (C=O) groups excluding carboxylic acids is 1. The Labute approximate surface area is 264 Å². The highest BCUT2D eigenvalue weighted by Crippen LogP contribution is 2.37. The van der Waals surface area contributed by atoms with Gasteiger partial charge in [-0.2, -0.15) is 8.78 Å². The van der Waals surface area contributed by atoms with Gasteiger partial charge in [-0.05, 0) is 59.9 Å². The summed E-state index contributed by atoms with van der Waals surface area (Å²) in [7, 11) is 0. The van der Waals surface area contributed by atoms with Gasteiger partial charge in [-0.15, -0.1) is 0 Å². The number of pyridine rings is 1. The van der Waals surface area contributed by atoms with Gasteiger partial charge >= 0.3 is 6.11 Å². The maximum Gasteiger partial charge on any atom is 0.432 e. The van der Waals surface area contributed by atoms with E-state index in [0.717, 1.165) is 54.6 Å². The highest BCUT2D eigenvalue weighted by Gasteiger charge is 2.42. The number of hydrogen-bond acceptors (Lipinski definition) is 3. The van der Waals surface area contributed by atoms with Crippen LogP contribution in [0.25, 0.3) is 22.4 Å². The third-order valence-electron chi connectivity index (χ3n) is 7.42. The topological polar surface area (TPSA) is 39.2 Å². The Kier molecular flexibility index (Phi) is 9.74. The zero-order valence-electron chi connectivity index (χ0n) is 24.7. The number of rotatable bonds is 11. The number of hydrogen-bond donors (Lipinski definition) is 0. The lowest BCUT2D eigenvalue weighted by Gasteiger charge is -2.20. The van der Waals surface area contributed by atoms with Crippen molar-refractivity contribution in [3.05, 3.63) is 142 Å². The van der Waals surface area contributed by atoms with Crippen LogP contribution in [0.15, 0.2) is 85.1 Å². The van der Waals surface area contributed by atoms with Crippen LogP contribution < -0.4 is 4.74 Å². The zero-order chi connectivity index (χ0) is 33.9. The lowest BCUT2D eigenvalue weighted by Crippen LogP contribution is -2.26. The fourth-order valence-electron chi connectivity index (χ4n) is 4.96. The van der Waals surface area contributed by atoms with E-state index in [9.17, 15) is 35.5 Å². The maximum atomic E-state index is 15.1. The second-order valence-electron chi connectivity index (χ2n) is 10.7. The van der Waals surface area contributed by atoms with Crippen LogP contribution in [0.4, 0.5) is 35.1 Å². The molecule has 0 aliphatic heterocycles. The molecule has 5 aromatic rings. The van der Waals surface area contributed by atoms with Crippen LogP contribution in [-0.4, -0.2) is 10.8 Å². The number of carbonyl (C=O) groups is 1. The third-order valence-corrected chi connectivity index (χ3v) is 7.42. The number of ether oxygens (including phenoxy) is 1. The molecular weight excluding hydrogens is 630 g/mol. The molecule has 0 fully saturated rings. The number of aromatic nitrogens is 1. The van der Waals surface area contributed by atoms with E-state index >= 15 is 4.39 Å². The second-order valence-corrected chi connectivity index (χ2v) is 10.7. The van der Waals surface area contributed by atoms with E-state index in [0.29, 0.717) is 11.1 Å². The Morgan fingerprint density at radius 3 is 1.89 bits per heavy atom. The number of benzene rings is 4. The molecule has 0 saturated heterocycles. The summed E-state index contributed by atoms with van der Waals surface area (Å²) >= 11 is 0. The quantitative estimate of drug-likeness (QED) is 0.0615. The molecule has 0 aliphatic carbocycles. The first kappa shape index (κ1) is 33.3. The summed E-state index contributed by atoms with van der Waals surface area (Å²) in [5, 5.41) is 0. The van der Waals surface area contributed by atoms with Crippen molar-refractivity contribution < 1.29 is 44.7 Å². The molecule has 0 aliphatic rings. The molecule has 0 atom stereocenters. The minimum atomic E-state index is -4.84. The molecular formula is C36H25F8NO2. The van der Waals surface area contributed by atoms with Crippen LogP contribution in [0.3, 0.4) is 0 Å². The van der Waals surface area contributed by atoms with Crippen molar-refractivity contribution in [3.63, 3.8) is 0 Å². The van der Waals surface area contributed by atoms with Crippen LogP contribution in [0.1, 0.15) is 53.2 Å². The lowest BCUT2D eigenvalue weighted by molar-refractivity contribution is -0.189. The molecule has 5 rings (SSSR count). The Morgan fingerprint density at radius 2 is 1.32 bits per heavy atom. The molecule has 47 heavy (non-hydrogen) atoms. The van der Waals surface area contributed by atoms with Crippen molar-refractivity contribution in [2.24, 2.45) is 0 Å². The summed E-state index contributed by atoms with van der Waals surface area (Å²) in [6.07, 6.45) is 1.33. The summed E-state index contributed by atoms with van der Waals surface area (Å²) in [5.74, 6) is -13.1. The van der Waals surface area contributed by atoms with Gasteiger partial charge in [0.05, 0.1) is 11.3 Å². The molecule has 1 aromatic heterocycles. The van der Waals surface area contributed by atoms with Crippen LogP contribution in [0.2, 0.25) is 0 Å². The van der Waals surface area contributed by atoms with Crippen molar-refractivity contribution in [1.29, 1.82) is 0 Å². The van der Waals surface area contributed by atoms with E-state index in [-0.39, 0.29) is 24.3 Å². The Bertz CT molecular complexity index is 1880. The van der Waals surface area contributed by atoms with E-state index in [1.165, 1.54) is 6.07 Å². The van der Waals surface area contributed by atoms with Crippen LogP contribution >= 0.6 is 0 Å². The third kappa shape index (κ3) is 7.34. The maximum absolute atomic E-state index is 15.1. The molecule has 0 N–H and O–H groups in total. The molecule has 242 valence electrons. The molecule has 0 saturated carbocycles. The van der Waals surface area contributed by atoms with Gasteiger partial charge in [0.25, 0.3) is 0 Å². The molecule has 4 aromatic carbocycles. The number of alkyl halides is 2. The number of unbranched alkanes of at least 4 members (excludes halogenated alkanes) is 2. The predicted molar refractivity (Wildman–Crippen MR) is 159 cm³/mol. The van der Waals surface area contributed by atoms with E-state index in [1.54, 1.807) is 24.3 Å². The highest BCUT2D eigenvalue weighted by molar-refractivity contribution is 6.09. The summed E-state index contributed by atoms with van der Waals surface area (Å²) in [6.45, 7) is 2.14. The van der Waals surface area contributed by atoms with Gasteiger partial charge in [-0.3, -0.25) is 9.78 Å². The molecule has 0 unspecified atom stereocenters. The standard InChI is InChI=1S/C36H25F8NO2/c1-2-3-4-5-20-6-13-32(45-19-20)22-9-7-21(8-10-22)23-11-12-26(27(37)14-23)35(46)24-15-28(38)33(29(39)16-24)36(43,44)47-25-17-30(40)34(42)31(41)18-25/h6-19H,2-5H2,1H3. The molecule has 0 bridgehead atoms. The number of halogens is 8. The van der Waals surface area contributed by atoms with Crippen LogP contribution in [-0.2, 0) is 12.5 Å². The first-order chi connectivity index (χ1) is 22.4. The molecule has 0 amide bonds. The molecule has 0 spiro atoms. The van der Waals surface area contributed by atoms with Gasteiger partial charge in [0.15, 0.2) is 23.2 Å². The minimum Gasteiger partial charge on any atom is -0.429 e. The fraction of sp³-hybridized carbons (Fsp3) is 0.167. The van der Waals surface area contributed by atoms with Crippen LogP contribution in [0, 0.1) is 34.9 Å². The van der Waals surface area contributed by atoms with Gasteiger partial charge in [0.1, 0.15) is 28.8 Å².